The van der Waals surface area contributed by atoms with Crippen LogP contribution in [0.5, 0.6) is 0 Å². The van der Waals surface area contributed by atoms with Gasteiger partial charge in [-0.1, -0.05) is 41.9 Å². The summed E-state index contributed by atoms with van der Waals surface area (Å²) >= 11 is 5.75. The molecule has 1 heterocycles. The third-order valence-electron chi connectivity index (χ3n) is 2.39. The molecule has 1 aromatic heterocycles. The van der Waals surface area contributed by atoms with E-state index in [2.05, 4.69) is 10.3 Å². The minimum atomic E-state index is -1.27. The molecule has 1 amide bonds. The van der Waals surface area contributed by atoms with Gasteiger partial charge in [-0.25, -0.2) is 9.78 Å². The lowest BCUT2D eigenvalue weighted by atomic mass is 10.0. The monoisotopic (exact) mass is 276 g/mol. The van der Waals surface area contributed by atoms with Gasteiger partial charge in [0.2, 0.25) is 0 Å². The molecular weight excluding hydrogens is 268 g/mol. The normalized spacial score (nSPS) is 9.95. The fourth-order valence-electron chi connectivity index (χ4n) is 1.58. The smallest absolute Gasteiger partial charge is 0.409 e. The van der Waals surface area contributed by atoms with Crippen LogP contribution in [0.25, 0.3) is 0 Å². The molecule has 1 aromatic carbocycles. The van der Waals surface area contributed by atoms with Gasteiger partial charge in [-0.2, -0.15) is 0 Å². The first-order valence-electron chi connectivity index (χ1n) is 5.33. The Morgan fingerprint density at radius 2 is 1.89 bits per heavy atom. The van der Waals surface area contributed by atoms with Crippen LogP contribution in [0.1, 0.15) is 15.9 Å². The molecule has 0 bridgehead atoms. The van der Waals surface area contributed by atoms with Crippen molar-refractivity contribution in [1.29, 1.82) is 0 Å². The second-order valence-corrected chi connectivity index (χ2v) is 4.07. The van der Waals surface area contributed by atoms with Crippen molar-refractivity contribution in [3.8, 4) is 0 Å². The van der Waals surface area contributed by atoms with Crippen LogP contribution in [0.4, 0.5) is 10.5 Å². The minimum absolute atomic E-state index is 0.103. The second kappa shape index (κ2) is 5.49. The number of aromatic nitrogens is 1. The largest absolute Gasteiger partial charge is 0.465 e. The summed E-state index contributed by atoms with van der Waals surface area (Å²) in [7, 11) is 0. The van der Waals surface area contributed by atoms with Gasteiger partial charge in [0, 0.05) is 5.56 Å². The van der Waals surface area contributed by atoms with E-state index in [1.54, 1.807) is 30.3 Å². The van der Waals surface area contributed by atoms with Crippen molar-refractivity contribution in [2.24, 2.45) is 0 Å². The number of carbonyl (C=O) groups excluding carboxylic acids is 1. The van der Waals surface area contributed by atoms with Gasteiger partial charge >= 0.3 is 6.09 Å². The first kappa shape index (κ1) is 13.0. The summed E-state index contributed by atoms with van der Waals surface area (Å²) in [5.41, 5.74) is 0.706. The van der Waals surface area contributed by atoms with Crippen LogP contribution < -0.4 is 5.32 Å². The molecule has 0 unspecified atom stereocenters. The fraction of sp³-hybridized carbons (Fsp3) is 0. The number of carbonyl (C=O) groups is 2. The van der Waals surface area contributed by atoms with Gasteiger partial charge in [0.05, 0.1) is 17.4 Å². The first-order valence-corrected chi connectivity index (χ1v) is 5.71. The Hall–Kier alpha value is -2.40. The van der Waals surface area contributed by atoms with Crippen molar-refractivity contribution in [1.82, 2.24) is 4.98 Å². The SMILES string of the molecule is O=C(O)Nc1cnc(Cl)cc1C(=O)c1ccccc1. The maximum Gasteiger partial charge on any atom is 0.409 e. The van der Waals surface area contributed by atoms with Gasteiger partial charge in [0.15, 0.2) is 5.78 Å². The molecule has 0 atom stereocenters. The molecule has 0 aliphatic rings. The molecule has 2 N–H and O–H groups in total. The van der Waals surface area contributed by atoms with Crippen LogP contribution >= 0.6 is 11.6 Å². The standard InChI is InChI=1S/C13H9ClN2O3/c14-11-6-9(10(7-15-11)16-13(18)19)12(17)8-4-2-1-3-5-8/h1-7,16H,(H,18,19). The lowest BCUT2D eigenvalue weighted by molar-refractivity contribution is 0.103. The van der Waals surface area contributed by atoms with E-state index in [-0.39, 0.29) is 22.2 Å². The number of ketones is 1. The summed E-state index contributed by atoms with van der Waals surface area (Å²) in [5.74, 6) is -0.325. The molecule has 0 radical (unpaired) electrons. The zero-order valence-electron chi connectivity index (χ0n) is 9.63. The molecular formula is C13H9ClN2O3. The number of rotatable bonds is 3. The maximum absolute atomic E-state index is 12.3. The van der Waals surface area contributed by atoms with Crippen LogP contribution in [0.2, 0.25) is 5.15 Å². The summed E-state index contributed by atoms with van der Waals surface area (Å²) in [5, 5.41) is 11.0. The van der Waals surface area contributed by atoms with Crippen molar-refractivity contribution in [3.63, 3.8) is 0 Å². The Kier molecular flexibility index (Phi) is 3.77. The Morgan fingerprint density at radius 1 is 1.21 bits per heavy atom. The first-order chi connectivity index (χ1) is 9.08. The van der Waals surface area contributed by atoms with E-state index in [0.29, 0.717) is 5.56 Å². The second-order valence-electron chi connectivity index (χ2n) is 3.68. The Labute approximate surface area is 113 Å². The molecule has 0 saturated carbocycles. The third kappa shape index (κ3) is 3.08. The number of amides is 1. The highest BCUT2D eigenvalue weighted by molar-refractivity contribution is 6.30. The number of anilines is 1. The summed E-state index contributed by atoms with van der Waals surface area (Å²) in [4.78, 5) is 26.7. The van der Waals surface area contributed by atoms with E-state index in [4.69, 9.17) is 16.7 Å². The summed E-state index contributed by atoms with van der Waals surface area (Å²) in [6.07, 6.45) is -0.0571. The Morgan fingerprint density at radius 3 is 2.53 bits per heavy atom. The molecule has 0 fully saturated rings. The molecule has 19 heavy (non-hydrogen) atoms. The Bertz CT molecular complexity index is 629. The maximum atomic E-state index is 12.3. The summed E-state index contributed by atoms with van der Waals surface area (Å²) in [6, 6.07) is 9.85. The van der Waals surface area contributed by atoms with Gasteiger partial charge < -0.3 is 5.11 Å². The third-order valence-corrected chi connectivity index (χ3v) is 2.60. The van der Waals surface area contributed by atoms with Gasteiger partial charge in [0.1, 0.15) is 5.15 Å². The number of nitrogens with one attached hydrogen (secondary N) is 1. The highest BCUT2D eigenvalue weighted by atomic mass is 35.5. The van der Waals surface area contributed by atoms with Gasteiger partial charge in [-0.15, -0.1) is 0 Å². The predicted octanol–water partition coefficient (Wildman–Crippen LogP) is 3.06. The van der Waals surface area contributed by atoms with Crippen molar-refractivity contribution in [2.75, 3.05) is 5.32 Å². The fourth-order valence-corrected chi connectivity index (χ4v) is 1.74. The number of nitrogens with zero attached hydrogens (tertiary/aromatic N) is 1. The van der Waals surface area contributed by atoms with E-state index >= 15 is 0 Å². The molecule has 0 spiro atoms. The van der Waals surface area contributed by atoms with Crippen molar-refractivity contribution < 1.29 is 14.7 Å². The zero-order valence-corrected chi connectivity index (χ0v) is 10.4. The molecule has 0 aliphatic carbocycles. The molecule has 0 saturated heterocycles. The van der Waals surface area contributed by atoms with Crippen LogP contribution in [0.15, 0.2) is 42.6 Å². The number of halogens is 1. The number of pyridine rings is 1. The van der Waals surface area contributed by atoms with Gasteiger partial charge in [0.25, 0.3) is 0 Å². The number of benzene rings is 1. The lowest BCUT2D eigenvalue weighted by Gasteiger charge is -2.08. The molecule has 5 nitrogen and oxygen atoms in total. The van der Waals surface area contributed by atoms with Crippen LogP contribution in [0.3, 0.4) is 0 Å². The van der Waals surface area contributed by atoms with Crippen LogP contribution in [-0.2, 0) is 0 Å². The molecule has 96 valence electrons. The molecule has 6 heteroatoms. The average Bonchev–Trinajstić information content (AvgIpc) is 2.40. The van der Waals surface area contributed by atoms with E-state index in [0.717, 1.165) is 0 Å². The zero-order chi connectivity index (χ0) is 13.8. The lowest BCUT2D eigenvalue weighted by Crippen LogP contribution is -2.13. The van der Waals surface area contributed by atoms with Crippen molar-refractivity contribution in [3.05, 3.63) is 58.9 Å². The van der Waals surface area contributed by atoms with E-state index < -0.39 is 6.09 Å². The number of hydrogen-bond donors (Lipinski definition) is 2. The number of carboxylic acid groups (broad SMARTS) is 1. The quantitative estimate of drug-likeness (QED) is 0.667. The highest BCUT2D eigenvalue weighted by Crippen LogP contribution is 2.21. The summed E-state index contributed by atoms with van der Waals surface area (Å²) < 4.78 is 0. The predicted molar refractivity (Wildman–Crippen MR) is 70.8 cm³/mol. The van der Waals surface area contributed by atoms with Crippen molar-refractivity contribution in [2.45, 2.75) is 0 Å². The number of hydrogen-bond acceptors (Lipinski definition) is 3. The van der Waals surface area contributed by atoms with Gasteiger partial charge in [-0.05, 0) is 6.07 Å². The average molecular weight is 277 g/mol. The van der Waals surface area contributed by atoms with Gasteiger partial charge in [-0.3, -0.25) is 10.1 Å². The molecule has 2 aromatic rings. The Balaban J connectivity index is 2.45. The van der Waals surface area contributed by atoms with E-state index in [9.17, 15) is 9.59 Å². The van der Waals surface area contributed by atoms with Crippen LogP contribution in [-0.4, -0.2) is 22.0 Å². The molecule has 0 aliphatic heterocycles. The molecule has 2 rings (SSSR count). The van der Waals surface area contributed by atoms with Crippen LogP contribution in [0, 0.1) is 0 Å². The van der Waals surface area contributed by atoms with Crippen molar-refractivity contribution >= 4 is 29.2 Å². The highest BCUT2D eigenvalue weighted by Gasteiger charge is 2.16. The topological polar surface area (TPSA) is 79.3 Å². The van der Waals surface area contributed by atoms with E-state index in [1.807, 2.05) is 0 Å². The summed E-state index contributed by atoms with van der Waals surface area (Å²) in [6.45, 7) is 0. The minimum Gasteiger partial charge on any atom is -0.465 e. The van der Waals surface area contributed by atoms with E-state index in [1.165, 1.54) is 12.3 Å².